The molecule has 0 aliphatic carbocycles. The topological polar surface area (TPSA) is 78.3 Å². The van der Waals surface area contributed by atoms with Crippen molar-refractivity contribution in [3.63, 3.8) is 0 Å². The van der Waals surface area contributed by atoms with Crippen LogP contribution in [-0.2, 0) is 19.5 Å². The number of nitrogens with one attached hydrogen (secondary N) is 1. The van der Waals surface area contributed by atoms with E-state index in [1.807, 2.05) is 48.5 Å². The molecule has 0 aliphatic rings. The SMILES string of the molecule is C=CCc1ccc(OCCn2c(CNC(=O)c3ccncc3)nc3ccccc32)c(OC)c1. The van der Waals surface area contributed by atoms with Crippen LogP contribution in [0.5, 0.6) is 11.5 Å². The van der Waals surface area contributed by atoms with Crippen LogP contribution in [0.1, 0.15) is 21.7 Å². The Morgan fingerprint density at radius 1 is 1.12 bits per heavy atom. The molecule has 0 saturated carbocycles. The summed E-state index contributed by atoms with van der Waals surface area (Å²) in [7, 11) is 1.63. The van der Waals surface area contributed by atoms with Crippen LogP contribution in [0.2, 0.25) is 0 Å². The minimum atomic E-state index is -0.170. The molecule has 0 radical (unpaired) electrons. The zero-order valence-electron chi connectivity index (χ0n) is 18.5. The highest BCUT2D eigenvalue weighted by molar-refractivity contribution is 5.93. The quantitative estimate of drug-likeness (QED) is 0.373. The number of allylic oxidation sites excluding steroid dienone is 1. The van der Waals surface area contributed by atoms with Crippen LogP contribution in [0, 0.1) is 0 Å². The number of ether oxygens (including phenoxy) is 2. The third-order valence-corrected chi connectivity index (χ3v) is 5.26. The molecule has 2 heterocycles. The van der Waals surface area contributed by atoms with E-state index in [1.165, 1.54) is 0 Å². The predicted octanol–water partition coefficient (Wildman–Crippen LogP) is 4.18. The summed E-state index contributed by atoms with van der Waals surface area (Å²) in [5, 5.41) is 2.94. The normalized spacial score (nSPS) is 10.7. The van der Waals surface area contributed by atoms with Gasteiger partial charge in [0.2, 0.25) is 0 Å². The summed E-state index contributed by atoms with van der Waals surface area (Å²) in [5.41, 5.74) is 3.53. The second-order valence-electron chi connectivity index (χ2n) is 7.41. The number of amides is 1. The number of carbonyl (C=O) groups is 1. The number of methoxy groups -OCH3 is 1. The number of rotatable bonds is 10. The average Bonchev–Trinajstić information content (AvgIpc) is 3.21. The first-order valence-corrected chi connectivity index (χ1v) is 10.7. The van der Waals surface area contributed by atoms with Gasteiger partial charge in [-0.05, 0) is 48.4 Å². The molecule has 33 heavy (non-hydrogen) atoms. The smallest absolute Gasteiger partial charge is 0.251 e. The van der Waals surface area contributed by atoms with Crippen LogP contribution in [-0.4, -0.2) is 34.2 Å². The Labute approximate surface area is 192 Å². The van der Waals surface area contributed by atoms with Crippen LogP contribution < -0.4 is 14.8 Å². The van der Waals surface area contributed by atoms with E-state index in [0.717, 1.165) is 28.8 Å². The fraction of sp³-hybridized carbons (Fsp3) is 0.192. The van der Waals surface area contributed by atoms with Gasteiger partial charge >= 0.3 is 0 Å². The van der Waals surface area contributed by atoms with E-state index < -0.39 is 0 Å². The van der Waals surface area contributed by atoms with E-state index in [2.05, 4.69) is 21.4 Å². The van der Waals surface area contributed by atoms with Gasteiger partial charge in [-0.1, -0.05) is 24.3 Å². The minimum absolute atomic E-state index is 0.170. The second kappa shape index (κ2) is 10.5. The molecule has 7 nitrogen and oxygen atoms in total. The van der Waals surface area contributed by atoms with Crippen LogP contribution in [0.25, 0.3) is 11.0 Å². The average molecular weight is 443 g/mol. The molecular formula is C26H26N4O3. The summed E-state index contributed by atoms with van der Waals surface area (Å²) in [6.45, 7) is 5.07. The molecule has 0 spiro atoms. The third-order valence-electron chi connectivity index (χ3n) is 5.26. The monoisotopic (exact) mass is 442 g/mol. The maximum Gasteiger partial charge on any atom is 0.251 e. The van der Waals surface area contributed by atoms with E-state index in [-0.39, 0.29) is 5.91 Å². The Kier molecular flexibility index (Phi) is 6.99. The Morgan fingerprint density at radius 3 is 2.73 bits per heavy atom. The predicted molar refractivity (Wildman–Crippen MR) is 128 cm³/mol. The molecule has 1 amide bonds. The molecule has 0 unspecified atom stereocenters. The van der Waals surface area contributed by atoms with E-state index in [9.17, 15) is 4.79 Å². The van der Waals surface area contributed by atoms with Gasteiger partial charge in [-0.2, -0.15) is 0 Å². The number of fused-ring (bicyclic) bond motifs is 1. The first kappa shape index (κ1) is 22.1. The standard InChI is InChI=1S/C26H26N4O3/c1-3-6-19-9-10-23(24(17-19)32-2)33-16-15-30-22-8-5-4-7-21(22)29-25(30)18-28-26(31)20-11-13-27-14-12-20/h3-5,7-14,17H,1,6,15-16,18H2,2H3,(H,28,31). The van der Waals surface area contributed by atoms with Crippen LogP contribution in [0.4, 0.5) is 0 Å². The van der Waals surface area contributed by atoms with Gasteiger partial charge in [0.05, 0.1) is 31.2 Å². The van der Waals surface area contributed by atoms with Crippen molar-refractivity contribution in [1.82, 2.24) is 19.9 Å². The number of pyridine rings is 1. The van der Waals surface area contributed by atoms with Gasteiger partial charge in [0.25, 0.3) is 5.91 Å². The van der Waals surface area contributed by atoms with Crippen molar-refractivity contribution in [3.8, 4) is 11.5 Å². The molecule has 7 heteroatoms. The van der Waals surface area contributed by atoms with Gasteiger partial charge in [-0.3, -0.25) is 9.78 Å². The highest BCUT2D eigenvalue weighted by Gasteiger charge is 2.13. The molecule has 2 aromatic heterocycles. The highest BCUT2D eigenvalue weighted by atomic mass is 16.5. The Bertz CT molecular complexity index is 1250. The fourth-order valence-corrected chi connectivity index (χ4v) is 3.65. The molecule has 0 aliphatic heterocycles. The Morgan fingerprint density at radius 2 is 1.94 bits per heavy atom. The van der Waals surface area contributed by atoms with Crippen molar-refractivity contribution >= 4 is 16.9 Å². The molecule has 4 rings (SSSR count). The number of para-hydroxylation sites is 2. The second-order valence-corrected chi connectivity index (χ2v) is 7.41. The highest BCUT2D eigenvalue weighted by Crippen LogP contribution is 2.28. The van der Waals surface area contributed by atoms with Gasteiger partial charge in [0, 0.05) is 18.0 Å². The summed E-state index contributed by atoms with van der Waals surface area (Å²) in [6, 6.07) is 17.1. The third kappa shape index (κ3) is 5.20. The zero-order valence-corrected chi connectivity index (χ0v) is 18.5. The number of hydrogen-bond acceptors (Lipinski definition) is 5. The molecule has 0 fully saturated rings. The first-order chi connectivity index (χ1) is 16.2. The molecule has 0 bridgehead atoms. The van der Waals surface area contributed by atoms with Crippen molar-refractivity contribution < 1.29 is 14.3 Å². The fourth-order valence-electron chi connectivity index (χ4n) is 3.65. The van der Waals surface area contributed by atoms with E-state index >= 15 is 0 Å². The Hall–Kier alpha value is -4.13. The lowest BCUT2D eigenvalue weighted by atomic mass is 10.1. The van der Waals surface area contributed by atoms with E-state index in [0.29, 0.717) is 36.8 Å². The summed E-state index contributed by atoms with van der Waals surface area (Å²) in [4.78, 5) is 21.1. The maximum absolute atomic E-state index is 12.5. The van der Waals surface area contributed by atoms with Crippen molar-refractivity contribution in [2.24, 2.45) is 0 Å². The zero-order chi connectivity index (χ0) is 23.0. The maximum atomic E-state index is 12.5. The largest absolute Gasteiger partial charge is 0.493 e. The van der Waals surface area contributed by atoms with Crippen molar-refractivity contribution in [3.05, 3.63) is 96.6 Å². The summed E-state index contributed by atoms with van der Waals surface area (Å²) in [6.07, 6.45) is 5.82. The lowest BCUT2D eigenvalue weighted by Crippen LogP contribution is -2.25. The number of nitrogens with zero attached hydrogens (tertiary/aromatic N) is 3. The summed E-state index contributed by atoms with van der Waals surface area (Å²) >= 11 is 0. The van der Waals surface area contributed by atoms with Crippen molar-refractivity contribution in [2.45, 2.75) is 19.5 Å². The van der Waals surface area contributed by atoms with Gasteiger partial charge in [-0.15, -0.1) is 6.58 Å². The molecule has 1 N–H and O–H groups in total. The number of hydrogen-bond donors (Lipinski definition) is 1. The summed E-state index contributed by atoms with van der Waals surface area (Å²) < 4.78 is 13.6. The van der Waals surface area contributed by atoms with Crippen LogP contribution >= 0.6 is 0 Å². The molecular weight excluding hydrogens is 416 g/mol. The number of imidazole rings is 1. The van der Waals surface area contributed by atoms with E-state index in [4.69, 9.17) is 14.5 Å². The van der Waals surface area contributed by atoms with Gasteiger partial charge in [0.1, 0.15) is 12.4 Å². The molecule has 168 valence electrons. The number of carbonyl (C=O) groups excluding carboxylic acids is 1. The van der Waals surface area contributed by atoms with Gasteiger partial charge in [-0.25, -0.2) is 4.98 Å². The molecule has 0 saturated heterocycles. The minimum Gasteiger partial charge on any atom is -0.493 e. The first-order valence-electron chi connectivity index (χ1n) is 10.7. The van der Waals surface area contributed by atoms with Crippen molar-refractivity contribution in [2.75, 3.05) is 13.7 Å². The molecule has 4 aromatic rings. The lowest BCUT2D eigenvalue weighted by Gasteiger charge is -2.14. The Balaban J connectivity index is 1.48. The van der Waals surface area contributed by atoms with Gasteiger partial charge in [0.15, 0.2) is 11.5 Å². The van der Waals surface area contributed by atoms with Gasteiger partial charge < -0.3 is 19.4 Å². The van der Waals surface area contributed by atoms with Crippen molar-refractivity contribution in [1.29, 1.82) is 0 Å². The number of aromatic nitrogens is 3. The van der Waals surface area contributed by atoms with E-state index in [1.54, 1.807) is 31.6 Å². The molecule has 2 aromatic carbocycles. The summed E-state index contributed by atoms with van der Waals surface area (Å²) in [5.74, 6) is 1.96. The van der Waals surface area contributed by atoms with Crippen LogP contribution in [0.3, 0.4) is 0 Å². The van der Waals surface area contributed by atoms with Crippen LogP contribution in [0.15, 0.2) is 79.6 Å². The molecule has 0 atom stereocenters. The lowest BCUT2D eigenvalue weighted by molar-refractivity contribution is 0.0949. The number of benzene rings is 2.